The fourth-order valence-corrected chi connectivity index (χ4v) is 6.69. The van der Waals surface area contributed by atoms with Crippen molar-refractivity contribution in [1.82, 2.24) is 19.2 Å². The van der Waals surface area contributed by atoms with Crippen molar-refractivity contribution in [2.24, 2.45) is 0 Å². The van der Waals surface area contributed by atoms with Gasteiger partial charge in [0.25, 0.3) is 0 Å². The quantitative estimate of drug-likeness (QED) is 0.130. The Balaban J connectivity index is 0.000000323. The van der Waals surface area contributed by atoms with E-state index in [0.29, 0.717) is 39.8 Å². The standard InChI is InChI=1S/C24H40FN3O4Si.C13H18FN3O2/c1-22(2,3)31-21(29)26-18-14-17-12-16(27-28(17)15-19(18)30-9)13-20(25)24(7,8)32-33(10,11)23(4,5)6;1-13(2,18)12(14)5-8-4-9-6-10(15)11(19-3)7-17(9)16-8/h12,14-15,20H,13H2,1-11H3,(H,26,29);4,6-7,12,18H,5,15H2,1-3H3. The minimum Gasteiger partial charge on any atom is -0.493 e. The van der Waals surface area contributed by atoms with Gasteiger partial charge >= 0.3 is 6.09 Å². The molecule has 4 aromatic rings. The van der Waals surface area contributed by atoms with Crippen LogP contribution in [0.5, 0.6) is 11.5 Å². The smallest absolute Gasteiger partial charge is 0.412 e. The van der Waals surface area contributed by atoms with Gasteiger partial charge in [-0.25, -0.2) is 22.6 Å². The maximum absolute atomic E-state index is 15.4. The van der Waals surface area contributed by atoms with Gasteiger partial charge < -0.3 is 29.5 Å². The molecule has 0 aliphatic carbocycles. The first kappa shape index (κ1) is 42.5. The fourth-order valence-electron chi connectivity index (χ4n) is 4.94. The van der Waals surface area contributed by atoms with E-state index in [4.69, 9.17) is 24.4 Å². The summed E-state index contributed by atoms with van der Waals surface area (Å²) in [4.78, 5) is 12.2. The van der Waals surface area contributed by atoms with Gasteiger partial charge in [-0.2, -0.15) is 10.2 Å². The lowest BCUT2D eigenvalue weighted by atomic mass is 9.99. The number of nitrogen functional groups attached to an aromatic ring is 1. The third kappa shape index (κ3) is 11.0. The Kier molecular flexibility index (Phi) is 12.7. The Morgan fingerprint density at radius 3 is 1.79 bits per heavy atom. The summed E-state index contributed by atoms with van der Waals surface area (Å²) >= 11 is 0. The molecule has 0 aromatic carbocycles. The third-order valence-electron chi connectivity index (χ3n) is 8.95. The highest BCUT2D eigenvalue weighted by Gasteiger charge is 2.44. The molecule has 15 heteroatoms. The Bertz CT molecular complexity index is 1840. The minimum absolute atomic E-state index is 0.0127. The van der Waals surface area contributed by atoms with Gasteiger partial charge in [0, 0.05) is 12.8 Å². The Labute approximate surface area is 307 Å². The molecule has 0 radical (unpaired) electrons. The van der Waals surface area contributed by atoms with E-state index < -0.39 is 43.6 Å². The fraction of sp³-hybridized carbons (Fsp3) is 0.595. The lowest BCUT2D eigenvalue weighted by molar-refractivity contribution is -0.00302. The highest BCUT2D eigenvalue weighted by Crippen LogP contribution is 2.40. The first-order chi connectivity index (χ1) is 23.7. The van der Waals surface area contributed by atoms with Gasteiger partial charge in [-0.1, -0.05) is 20.8 Å². The topological polar surface area (TPSA) is 147 Å². The van der Waals surface area contributed by atoms with E-state index >= 15 is 4.39 Å². The number of carbonyl (C=O) groups is 1. The zero-order chi connectivity index (χ0) is 39.6. The van der Waals surface area contributed by atoms with Crippen molar-refractivity contribution in [1.29, 1.82) is 0 Å². The second kappa shape index (κ2) is 15.6. The second-order valence-electron chi connectivity index (χ2n) is 16.7. The second-order valence-corrected chi connectivity index (χ2v) is 21.4. The molecule has 0 saturated heterocycles. The highest BCUT2D eigenvalue weighted by molar-refractivity contribution is 6.74. The normalized spacial score (nSPS) is 14.1. The van der Waals surface area contributed by atoms with Crippen molar-refractivity contribution in [3.63, 3.8) is 0 Å². The van der Waals surface area contributed by atoms with Crippen molar-refractivity contribution < 1.29 is 37.3 Å². The summed E-state index contributed by atoms with van der Waals surface area (Å²) in [5, 5.41) is 21.0. The van der Waals surface area contributed by atoms with Crippen LogP contribution >= 0.6 is 0 Å². The summed E-state index contributed by atoms with van der Waals surface area (Å²) in [5.41, 5.74) is 6.40. The van der Waals surface area contributed by atoms with Crippen LogP contribution in [0.4, 0.5) is 25.0 Å². The van der Waals surface area contributed by atoms with E-state index in [-0.39, 0.29) is 17.9 Å². The van der Waals surface area contributed by atoms with Gasteiger partial charge in [-0.15, -0.1) is 0 Å². The first-order valence-electron chi connectivity index (χ1n) is 17.2. The summed E-state index contributed by atoms with van der Waals surface area (Å²) in [7, 11) is 0.887. The molecule has 2 atom stereocenters. The molecule has 0 aliphatic rings. The summed E-state index contributed by atoms with van der Waals surface area (Å²) in [6.45, 7) is 22.5. The molecule has 0 fully saturated rings. The molecule has 2 unspecified atom stereocenters. The number of hydrogen-bond donors (Lipinski definition) is 3. The van der Waals surface area contributed by atoms with Crippen LogP contribution in [-0.4, -0.2) is 82.1 Å². The number of nitrogens with two attached hydrogens (primary N) is 1. The van der Waals surface area contributed by atoms with Crippen LogP contribution in [0.1, 0.15) is 80.6 Å². The molecule has 12 nitrogen and oxygen atoms in total. The molecule has 290 valence electrons. The zero-order valence-corrected chi connectivity index (χ0v) is 34.1. The molecular weight excluding hydrogens is 691 g/mol. The SMILES string of the molecule is COc1cn2nc(CC(F)C(C)(C)O)cc2cc1N.COc1cn2nc(CC(F)C(C)(C)O[Si](C)(C)C(C)(C)C)cc2cc1NC(=O)OC(C)(C)C. The molecule has 0 spiro atoms. The van der Waals surface area contributed by atoms with Gasteiger partial charge in [-0.3, -0.25) is 5.32 Å². The number of anilines is 2. The van der Waals surface area contributed by atoms with Gasteiger partial charge in [0.2, 0.25) is 0 Å². The predicted octanol–water partition coefficient (Wildman–Crippen LogP) is 7.95. The predicted molar refractivity (Wildman–Crippen MR) is 204 cm³/mol. The van der Waals surface area contributed by atoms with Crippen LogP contribution in [0.2, 0.25) is 18.1 Å². The average Bonchev–Trinajstić information content (AvgIpc) is 3.55. The lowest BCUT2D eigenvalue weighted by Crippen LogP contribution is -2.51. The number of carbonyl (C=O) groups excluding carboxylic acids is 1. The zero-order valence-electron chi connectivity index (χ0n) is 33.1. The third-order valence-corrected chi connectivity index (χ3v) is 13.6. The first-order valence-corrected chi connectivity index (χ1v) is 20.2. The Morgan fingerprint density at radius 1 is 0.846 bits per heavy atom. The van der Waals surface area contributed by atoms with E-state index in [9.17, 15) is 14.3 Å². The maximum atomic E-state index is 15.4. The summed E-state index contributed by atoms with van der Waals surface area (Å²) in [5.74, 6) is 0.933. The maximum Gasteiger partial charge on any atom is 0.412 e. The van der Waals surface area contributed by atoms with Crippen LogP contribution in [-0.2, 0) is 22.0 Å². The molecule has 0 aliphatic heterocycles. The van der Waals surface area contributed by atoms with Crippen molar-refractivity contribution in [3.05, 3.63) is 48.0 Å². The average molecular weight is 749 g/mol. The molecule has 4 N–H and O–H groups in total. The van der Waals surface area contributed by atoms with Crippen LogP contribution in [0.15, 0.2) is 36.7 Å². The van der Waals surface area contributed by atoms with E-state index in [1.165, 1.54) is 28.1 Å². The van der Waals surface area contributed by atoms with E-state index in [2.05, 4.69) is 49.4 Å². The monoisotopic (exact) mass is 748 g/mol. The van der Waals surface area contributed by atoms with E-state index in [0.717, 1.165) is 5.52 Å². The van der Waals surface area contributed by atoms with Crippen molar-refractivity contribution in [2.75, 3.05) is 25.3 Å². The molecule has 52 heavy (non-hydrogen) atoms. The Morgan fingerprint density at radius 2 is 1.33 bits per heavy atom. The number of nitrogens with zero attached hydrogens (tertiary/aromatic N) is 4. The number of amides is 1. The summed E-state index contributed by atoms with van der Waals surface area (Å²) < 4.78 is 54.6. The van der Waals surface area contributed by atoms with Crippen LogP contribution < -0.4 is 20.5 Å². The number of alkyl halides is 2. The number of rotatable bonds is 11. The van der Waals surface area contributed by atoms with Gasteiger partial charge in [0.05, 0.1) is 71.6 Å². The van der Waals surface area contributed by atoms with Crippen molar-refractivity contribution >= 4 is 36.8 Å². The van der Waals surface area contributed by atoms with E-state index in [1.54, 1.807) is 80.3 Å². The van der Waals surface area contributed by atoms with Gasteiger partial charge in [0.15, 0.2) is 19.8 Å². The van der Waals surface area contributed by atoms with Crippen molar-refractivity contribution in [2.45, 2.75) is 129 Å². The number of pyridine rings is 2. The molecule has 4 aromatic heterocycles. The molecular formula is C37H58F2N6O6Si. The molecule has 4 heterocycles. The number of aliphatic hydroxyl groups is 1. The Hall–Kier alpha value is -3.95. The summed E-state index contributed by atoms with van der Waals surface area (Å²) in [6.07, 6.45) is 0.253. The van der Waals surface area contributed by atoms with Crippen LogP contribution in [0, 0.1) is 0 Å². The summed E-state index contributed by atoms with van der Waals surface area (Å²) in [6, 6.07) is 6.99. The number of halogens is 2. The molecule has 4 rings (SSSR count). The van der Waals surface area contributed by atoms with E-state index in [1.807, 2.05) is 0 Å². The minimum atomic E-state index is -2.14. The van der Waals surface area contributed by atoms with Crippen molar-refractivity contribution in [3.8, 4) is 11.5 Å². The number of hydrogen-bond acceptors (Lipinski definition) is 9. The lowest BCUT2D eigenvalue weighted by Gasteiger charge is -2.43. The largest absolute Gasteiger partial charge is 0.493 e. The van der Waals surface area contributed by atoms with Gasteiger partial charge in [-0.05, 0) is 90.9 Å². The number of methoxy groups -OCH3 is 2. The number of aromatic nitrogens is 4. The number of ether oxygens (including phenoxy) is 3. The molecule has 0 bridgehead atoms. The van der Waals surface area contributed by atoms with Crippen LogP contribution in [0.3, 0.4) is 0 Å². The van der Waals surface area contributed by atoms with Crippen LogP contribution in [0.25, 0.3) is 11.0 Å². The molecule has 1 amide bonds. The number of nitrogens with one attached hydrogen (secondary N) is 1. The number of fused-ring (bicyclic) bond motifs is 2. The highest BCUT2D eigenvalue weighted by atomic mass is 28.4. The van der Waals surface area contributed by atoms with Gasteiger partial charge in [0.1, 0.15) is 17.9 Å². The molecule has 0 saturated carbocycles.